The zero-order valence-corrected chi connectivity index (χ0v) is 30.4. The van der Waals surface area contributed by atoms with Crippen molar-refractivity contribution in [2.24, 2.45) is 23.7 Å². The Labute approximate surface area is 316 Å². The number of benzene rings is 9. The molecule has 0 saturated heterocycles. The van der Waals surface area contributed by atoms with Crippen LogP contribution < -0.4 is 0 Å². The Balaban J connectivity index is 1.09. The molecule has 5 aliphatic carbocycles. The van der Waals surface area contributed by atoms with Gasteiger partial charge in [-0.25, -0.2) is 0 Å². The van der Waals surface area contributed by atoms with Crippen LogP contribution in [0.2, 0.25) is 0 Å². The highest BCUT2D eigenvalue weighted by Gasteiger charge is 2.62. The molecular formula is C54H40. The summed E-state index contributed by atoms with van der Waals surface area (Å²) in [6, 6.07) is 60.6. The molecule has 9 aromatic rings. The summed E-state index contributed by atoms with van der Waals surface area (Å²) in [4.78, 5) is 0. The molecule has 14 rings (SSSR count). The van der Waals surface area contributed by atoms with Crippen molar-refractivity contribution in [2.75, 3.05) is 0 Å². The summed E-state index contributed by atoms with van der Waals surface area (Å²) in [6.45, 7) is 0. The van der Waals surface area contributed by atoms with Crippen LogP contribution in [0.5, 0.6) is 0 Å². The monoisotopic (exact) mass is 688 g/mol. The zero-order valence-electron chi connectivity index (χ0n) is 30.4. The smallest absolute Gasteiger partial charge is 0.0278 e. The molecule has 0 atom stereocenters. The average Bonchev–Trinajstić information content (AvgIpc) is 3.52. The van der Waals surface area contributed by atoms with Crippen LogP contribution in [0.25, 0.3) is 87.2 Å². The second-order valence-corrected chi connectivity index (χ2v) is 17.2. The lowest BCUT2D eigenvalue weighted by atomic mass is 9.43. The minimum atomic E-state index is 0.129. The van der Waals surface area contributed by atoms with Crippen LogP contribution in [0, 0.1) is 23.7 Å². The van der Waals surface area contributed by atoms with Gasteiger partial charge in [-0.1, -0.05) is 152 Å². The van der Waals surface area contributed by atoms with E-state index in [1.807, 2.05) is 0 Å². The van der Waals surface area contributed by atoms with E-state index in [9.17, 15) is 0 Å². The van der Waals surface area contributed by atoms with Crippen LogP contribution in [0.15, 0.2) is 158 Å². The summed E-state index contributed by atoms with van der Waals surface area (Å²) in [5.41, 5.74) is 11.7. The van der Waals surface area contributed by atoms with Crippen molar-refractivity contribution in [1.29, 1.82) is 0 Å². The molecule has 0 unspecified atom stereocenters. The molecule has 0 aromatic heterocycles. The summed E-state index contributed by atoms with van der Waals surface area (Å²) in [5.74, 6) is 3.33. The standard InChI is InChI=1S/C54H40/c1-3-12-39-34(10-1)20-23-42-41(39)18-9-19-43(42)52-46-16-7-5-14-44(46)51(45-15-6-8-17-47(45)52)36-22-25-50-49(31-36)48-24-21-35-11-2-4-13-40(35)53(48)54(50)37-27-32-26-33(29-37)30-38(54)28-32/h1-25,31-33,37-38H,26-30H2. The van der Waals surface area contributed by atoms with Gasteiger partial charge in [-0.2, -0.15) is 0 Å². The first-order valence-corrected chi connectivity index (χ1v) is 20.3. The number of hydrogen-bond donors (Lipinski definition) is 0. The molecule has 0 heteroatoms. The molecule has 0 N–H and O–H groups in total. The molecule has 4 fully saturated rings. The minimum Gasteiger partial charge on any atom is -0.0616 e. The Morgan fingerprint density at radius 3 is 1.59 bits per heavy atom. The van der Waals surface area contributed by atoms with Gasteiger partial charge < -0.3 is 0 Å². The molecule has 256 valence electrons. The van der Waals surface area contributed by atoms with Crippen molar-refractivity contribution in [3.05, 3.63) is 169 Å². The van der Waals surface area contributed by atoms with E-state index in [1.165, 1.54) is 119 Å². The number of rotatable bonds is 2. The predicted octanol–water partition coefficient (Wildman–Crippen LogP) is 14.5. The zero-order chi connectivity index (χ0) is 35.1. The molecule has 0 aliphatic heterocycles. The van der Waals surface area contributed by atoms with Gasteiger partial charge >= 0.3 is 0 Å². The van der Waals surface area contributed by atoms with Crippen molar-refractivity contribution >= 4 is 53.9 Å². The second-order valence-electron chi connectivity index (χ2n) is 17.2. The van der Waals surface area contributed by atoms with E-state index in [-0.39, 0.29) is 5.41 Å². The van der Waals surface area contributed by atoms with Crippen LogP contribution in [0.3, 0.4) is 0 Å². The van der Waals surface area contributed by atoms with Gasteiger partial charge in [0.25, 0.3) is 0 Å². The first-order chi connectivity index (χ1) is 26.8. The van der Waals surface area contributed by atoms with E-state index in [0.29, 0.717) is 0 Å². The SMILES string of the molecule is c1ccc2c3c(ccc2c1)-c1cc(-c2c4ccccc4c(-c4cccc5c4ccc4ccccc45)c4ccccc24)ccc1C31C2CC3CC(C2)CC1C3. The third-order valence-electron chi connectivity index (χ3n) is 14.8. The quantitative estimate of drug-likeness (QED) is 0.125. The summed E-state index contributed by atoms with van der Waals surface area (Å²) in [5, 5.41) is 13.4. The fraction of sp³-hybridized carbons (Fsp3) is 0.185. The molecule has 54 heavy (non-hydrogen) atoms. The first-order valence-electron chi connectivity index (χ1n) is 20.3. The molecule has 5 aliphatic rings. The van der Waals surface area contributed by atoms with E-state index >= 15 is 0 Å². The maximum Gasteiger partial charge on any atom is 0.0278 e. The lowest BCUT2D eigenvalue weighted by molar-refractivity contribution is -0.0393. The third kappa shape index (κ3) is 3.74. The summed E-state index contributed by atoms with van der Waals surface area (Å²) >= 11 is 0. The highest BCUT2D eigenvalue weighted by molar-refractivity contribution is 6.25. The maximum absolute atomic E-state index is 2.61. The lowest BCUT2D eigenvalue weighted by Crippen LogP contribution is -2.55. The Morgan fingerprint density at radius 2 is 0.907 bits per heavy atom. The summed E-state index contributed by atoms with van der Waals surface area (Å²) in [6.07, 6.45) is 7.08. The van der Waals surface area contributed by atoms with E-state index in [1.54, 1.807) is 11.1 Å². The van der Waals surface area contributed by atoms with Gasteiger partial charge in [0.1, 0.15) is 0 Å². The van der Waals surface area contributed by atoms with Crippen LogP contribution in [0.4, 0.5) is 0 Å². The average molecular weight is 689 g/mol. The van der Waals surface area contributed by atoms with Crippen molar-refractivity contribution in [3.8, 4) is 33.4 Å². The van der Waals surface area contributed by atoms with Gasteiger partial charge in [-0.15, -0.1) is 0 Å². The van der Waals surface area contributed by atoms with E-state index in [0.717, 1.165) is 23.7 Å². The van der Waals surface area contributed by atoms with Gasteiger partial charge in [-0.3, -0.25) is 0 Å². The third-order valence-corrected chi connectivity index (χ3v) is 14.8. The summed E-state index contributed by atoms with van der Waals surface area (Å²) < 4.78 is 0. The van der Waals surface area contributed by atoms with Crippen molar-refractivity contribution in [3.63, 3.8) is 0 Å². The molecular weight excluding hydrogens is 649 g/mol. The Hall–Kier alpha value is -5.72. The second kappa shape index (κ2) is 10.7. The Morgan fingerprint density at radius 1 is 0.352 bits per heavy atom. The van der Waals surface area contributed by atoms with Crippen molar-refractivity contribution in [1.82, 2.24) is 0 Å². The summed E-state index contributed by atoms with van der Waals surface area (Å²) in [7, 11) is 0. The van der Waals surface area contributed by atoms with Crippen molar-refractivity contribution in [2.45, 2.75) is 37.5 Å². The van der Waals surface area contributed by atoms with Gasteiger partial charge in [0.05, 0.1) is 0 Å². The van der Waals surface area contributed by atoms with Gasteiger partial charge in [0, 0.05) is 5.41 Å². The topological polar surface area (TPSA) is 0 Å². The number of fused-ring (bicyclic) bond motifs is 10. The maximum atomic E-state index is 2.61. The first kappa shape index (κ1) is 29.7. The highest BCUT2D eigenvalue weighted by atomic mass is 14.6. The van der Waals surface area contributed by atoms with Crippen LogP contribution in [-0.4, -0.2) is 0 Å². The molecule has 1 spiro atoms. The lowest BCUT2D eigenvalue weighted by Gasteiger charge is -2.61. The van der Waals surface area contributed by atoms with Crippen LogP contribution in [0.1, 0.15) is 43.2 Å². The molecule has 4 bridgehead atoms. The molecule has 0 nitrogen and oxygen atoms in total. The predicted molar refractivity (Wildman–Crippen MR) is 228 cm³/mol. The fourth-order valence-corrected chi connectivity index (χ4v) is 13.1. The normalized spacial score (nSPS) is 23.6. The molecule has 9 aromatic carbocycles. The molecule has 4 saturated carbocycles. The van der Waals surface area contributed by atoms with E-state index in [2.05, 4.69) is 158 Å². The fourth-order valence-electron chi connectivity index (χ4n) is 13.1. The van der Waals surface area contributed by atoms with E-state index < -0.39 is 0 Å². The van der Waals surface area contributed by atoms with Crippen LogP contribution >= 0.6 is 0 Å². The van der Waals surface area contributed by atoms with Gasteiger partial charge in [-0.05, 0) is 160 Å². The van der Waals surface area contributed by atoms with E-state index in [4.69, 9.17) is 0 Å². The highest BCUT2D eigenvalue weighted by Crippen LogP contribution is 2.70. The minimum absolute atomic E-state index is 0.129. The van der Waals surface area contributed by atoms with Gasteiger partial charge in [0.2, 0.25) is 0 Å². The molecule has 0 radical (unpaired) electrons. The van der Waals surface area contributed by atoms with Crippen molar-refractivity contribution < 1.29 is 0 Å². The molecule has 0 heterocycles. The molecule has 0 amide bonds. The van der Waals surface area contributed by atoms with Crippen LogP contribution in [-0.2, 0) is 5.41 Å². The Kier molecular flexibility index (Phi) is 5.89. The largest absolute Gasteiger partial charge is 0.0616 e. The van der Waals surface area contributed by atoms with Gasteiger partial charge in [0.15, 0.2) is 0 Å². The number of hydrogen-bond acceptors (Lipinski definition) is 0. The Bertz CT molecular complexity index is 2980.